The number of aromatic hydroxyl groups is 1. The predicted molar refractivity (Wildman–Crippen MR) is 152 cm³/mol. The largest absolute Gasteiger partial charge is 0.507 e. The summed E-state index contributed by atoms with van der Waals surface area (Å²) in [6.07, 6.45) is 26.2. The van der Waals surface area contributed by atoms with Gasteiger partial charge in [-0.05, 0) is 198 Å². The molecule has 0 aromatic heterocycles. The van der Waals surface area contributed by atoms with Crippen molar-refractivity contribution in [2.45, 2.75) is 139 Å². The number of hydrogen-bond donors (Lipinski definition) is 1. The Bertz CT molecular complexity index is 1100. The molecular formula is C37H50O. The molecule has 0 unspecified atom stereocenters. The van der Waals surface area contributed by atoms with Crippen LogP contribution < -0.4 is 0 Å². The zero-order valence-corrected chi connectivity index (χ0v) is 23.9. The van der Waals surface area contributed by atoms with Crippen LogP contribution in [0.2, 0.25) is 0 Å². The van der Waals surface area contributed by atoms with Crippen molar-refractivity contribution >= 4 is 0 Å². The molecule has 204 valence electrons. The maximum absolute atomic E-state index is 12.9. The number of hydrogen-bond acceptors (Lipinski definition) is 1. The van der Waals surface area contributed by atoms with Gasteiger partial charge in [0.25, 0.3) is 0 Å². The average molecular weight is 511 g/mol. The van der Waals surface area contributed by atoms with Gasteiger partial charge in [-0.15, -0.1) is 0 Å². The van der Waals surface area contributed by atoms with Crippen molar-refractivity contribution in [1.82, 2.24) is 0 Å². The first-order chi connectivity index (χ1) is 18.4. The van der Waals surface area contributed by atoms with Crippen molar-refractivity contribution in [2.24, 2.45) is 53.3 Å². The molecule has 13 rings (SSSR count). The Morgan fingerprint density at radius 3 is 1.11 bits per heavy atom. The van der Waals surface area contributed by atoms with Crippen LogP contribution in [0.4, 0.5) is 0 Å². The smallest absolute Gasteiger partial charge is 0.123 e. The van der Waals surface area contributed by atoms with Crippen LogP contribution in [0.1, 0.15) is 138 Å². The second-order valence-corrected chi connectivity index (χ2v) is 17.9. The molecule has 1 N–H and O–H groups in total. The van der Waals surface area contributed by atoms with Crippen LogP contribution in [0.3, 0.4) is 0 Å². The Hall–Kier alpha value is -0.980. The minimum Gasteiger partial charge on any atom is -0.507 e. The summed E-state index contributed by atoms with van der Waals surface area (Å²) in [5.74, 6) is 9.41. The topological polar surface area (TPSA) is 20.2 Å². The standard InChI is InChI=1S/C37H50O/c1-21-2-31(35-12-22-3-23(13-35)5-24(4-22)14-35)34(38)33(37-18-28-9-29(19-37)11-30(10-28)20-37)32(21)36-15-25-6-26(16-36)8-27(7-25)17-36/h2,22-30,38H,3-20H2,1H3. The molecule has 1 heteroatoms. The van der Waals surface area contributed by atoms with Gasteiger partial charge in [-0.2, -0.15) is 0 Å². The highest BCUT2D eigenvalue weighted by molar-refractivity contribution is 5.60. The molecule has 1 aromatic rings. The van der Waals surface area contributed by atoms with Crippen LogP contribution in [0.5, 0.6) is 5.75 Å². The Morgan fingerprint density at radius 2 is 0.763 bits per heavy atom. The highest BCUT2D eigenvalue weighted by Gasteiger charge is 2.59. The van der Waals surface area contributed by atoms with Gasteiger partial charge in [0.2, 0.25) is 0 Å². The number of aryl methyl sites for hydroxylation is 1. The second kappa shape index (κ2) is 7.26. The van der Waals surface area contributed by atoms with E-state index in [0.717, 1.165) is 59.0 Å². The van der Waals surface area contributed by atoms with E-state index in [4.69, 9.17) is 0 Å². The Morgan fingerprint density at radius 1 is 0.474 bits per heavy atom. The van der Waals surface area contributed by atoms with Crippen LogP contribution in [0.25, 0.3) is 0 Å². The highest BCUT2D eigenvalue weighted by atomic mass is 16.3. The third-order valence-electron chi connectivity index (χ3n) is 15.2. The van der Waals surface area contributed by atoms with E-state index in [1.165, 1.54) is 121 Å². The molecule has 38 heavy (non-hydrogen) atoms. The van der Waals surface area contributed by atoms with E-state index in [1.807, 2.05) is 0 Å². The monoisotopic (exact) mass is 510 g/mol. The number of phenolic OH excluding ortho intramolecular Hbond substituents is 1. The maximum Gasteiger partial charge on any atom is 0.123 e. The first-order valence-corrected chi connectivity index (χ1v) is 17.3. The van der Waals surface area contributed by atoms with Crippen molar-refractivity contribution in [2.75, 3.05) is 0 Å². The molecule has 0 saturated heterocycles. The maximum atomic E-state index is 12.9. The fourth-order valence-corrected chi connectivity index (χ4v) is 15.7. The SMILES string of the molecule is Cc1cc(C23CC4CC(CC(C4)C2)C3)c(O)c(C23CC4CC(CC(C4)C2)C3)c1C12CC3CC(CC(C3)C1)C2. The van der Waals surface area contributed by atoms with E-state index in [-0.39, 0.29) is 0 Å². The zero-order valence-electron chi connectivity index (χ0n) is 23.9. The summed E-state index contributed by atoms with van der Waals surface area (Å²) >= 11 is 0. The lowest BCUT2D eigenvalue weighted by atomic mass is 9.43. The molecule has 0 heterocycles. The van der Waals surface area contributed by atoms with E-state index in [0.29, 0.717) is 16.2 Å². The Balaban J connectivity index is 1.20. The van der Waals surface area contributed by atoms with Gasteiger partial charge in [0, 0.05) is 16.5 Å². The van der Waals surface area contributed by atoms with Crippen LogP contribution in [-0.2, 0) is 16.2 Å². The van der Waals surface area contributed by atoms with E-state index in [9.17, 15) is 5.11 Å². The summed E-state index contributed by atoms with van der Waals surface area (Å²) in [4.78, 5) is 0. The van der Waals surface area contributed by atoms with Crippen LogP contribution in [0, 0.1) is 60.2 Å². The molecular weight excluding hydrogens is 460 g/mol. The minimum absolute atomic E-state index is 0.292. The Labute approximate surface area is 230 Å². The average Bonchev–Trinajstić information content (AvgIpc) is 2.82. The van der Waals surface area contributed by atoms with Crippen molar-refractivity contribution in [3.05, 3.63) is 28.3 Å². The molecule has 1 nitrogen and oxygen atoms in total. The molecule has 12 bridgehead atoms. The lowest BCUT2D eigenvalue weighted by Crippen LogP contribution is -2.53. The lowest BCUT2D eigenvalue weighted by molar-refractivity contribution is -0.0199. The Kier molecular flexibility index (Phi) is 4.33. The van der Waals surface area contributed by atoms with Crippen molar-refractivity contribution < 1.29 is 5.11 Å². The second-order valence-electron chi connectivity index (χ2n) is 17.9. The minimum atomic E-state index is 0.292. The summed E-state index contributed by atoms with van der Waals surface area (Å²) in [6.45, 7) is 2.53. The fourth-order valence-electron chi connectivity index (χ4n) is 15.7. The third kappa shape index (κ3) is 2.91. The van der Waals surface area contributed by atoms with Crippen molar-refractivity contribution in [1.29, 1.82) is 0 Å². The number of benzene rings is 1. The molecule has 0 atom stereocenters. The van der Waals surface area contributed by atoms with Gasteiger partial charge in [-0.3, -0.25) is 0 Å². The first-order valence-electron chi connectivity index (χ1n) is 17.3. The van der Waals surface area contributed by atoms with Gasteiger partial charge in [0.1, 0.15) is 5.75 Å². The zero-order chi connectivity index (χ0) is 25.0. The molecule has 0 radical (unpaired) electrons. The number of phenols is 1. The molecule has 12 saturated carbocycles. The molecule has 0 aliphatic heterocycles. The summed E-state index contributed by atoms with van der Waals surface area (Å²) in [6, 6.07) is 2.64. The number of rotatable bonds is 3. The summed E-state index contributed by atoms with van der Waals surface area (Å²) in [7, 11) is 0. The molecule has 12 aliphatic rings. The van der Waals surface area contributed by atoms with E-state index in [1.54, 1.807) is 16.7 Å². The quantitative estimate of drug-likeness (QED) is 0.430. The van der Waals surface area contributed by atoms with Gasteiger partial charge in [0.05, 0.1) is 0 Å². The van der Waals surface area contributed by atoms with Crippen LogP contribution in [-0.4, -0.2) is 5.11 Å². The van der Waals surface area contributed by atoms with Crippen molar-refractivity contribution in [3.63, 3.8) is 0 Å². The van der Waals surface area contributed by atoms with Gasteiger partial charge >= 0.3 is 0 Å². The van der Waals surface area contributed by atoms with E-state index >= 15 is 0 Å². The normalized spacial score (nSPS) is 54.8. The van der Waals surface area contributed by atoms with E-state index in [2.05, 4.69) is 13.0 Å². The van der Waals surface area contributed by atoms with Gasteiger partial charge in [-0.1, -0.05) is 6.07 Å². The molecule has 1 aromatic carbocycles. The summed E-state index contributed by atoms with van der Waals surface area (Å²) in [5, 5.41) is 12.9. The van der Waals surface area contributed by atoms with Gasteiger partial charge in [0.15, 0.2) is 0 Å². The van der Waals surface area contributed by atoms with Crippen molar-refractivity contribution in [3.8, 4) is 5.75 Å². The predicted octanol–water partition coefficient (Wildman–Crippen LogP) is 9.10. The molecule has 12 fully saturated rings. The lowest BCUT2D eigenvalue weighted by Gasteiger charge is -2.62. The molecule has 0 amide bonds. The highest BCUT2D eigenvalue weighted by Crippen LogP contribution is 2.69. The molecule has 12 aliphatic carbocycles. The van der Waals surface area contributed by atoms with Gasteiger partial charge < -0.3 is 5.11 Å². The molecule has 0 spiro atoms. The van der Waals surface area contributed by atoms with Crippen LogP contribution >= 0.6 is 0 Å². The third-order valence-corrected chi connectivity index (χ3v) is 15.2. The fraction of sp³-hybridized carbons (Fsp3) is 0.838. The summed E-state index contributed by atoms with van der Waals surface area (Å²) in [5.41, 5.74) is 7.42. The first kappa shape index (κ1) is 22.7. The van der Waals surface area contributed by atoms with Gasteiger partial charge in [-0.25, -0.2) is 0 Å². The van der Waals surface area contributed by atoms with E-state index < -0.39 is 0 Å². The summed E-state index contributed by atoms with van der Waals surface area (Å²) < 4.78 is 0. The van der Waals surface area contributed by atoms with Crippen LogP contribution in [0.15, 0.2) is 6.07 Å².